The van der Waals surface area contributed by atoms with Crippen LogP contribution in [-0.2, 0) is 17.8 Å². The molecule has 1 aromatic carbocycles. The number of aryl methyl sites for hydroxylation is 2. The van der Waals surface area contributed by atoms with Gasteiger partial charge in [0.25, 0.3) is 0 Å². The number of benzene rings is 1. The number of ether oxygens (including phenoxy) is 1. The van der Waals surface area contributed by atoms with Crippen molar-refractivity contribution in [1.82, 2.24) is 20.0 Å². The number of hydrogen-bond donors (Lipinski definition) is 1. The minimum atomic E-state index is 0. The normalized spacial score (nSPS) is 14.6. The molecule has 1 aromatic heterocycles. The highest BCUT2D eigenvalue weighted by Gasteiger charge is 2.21. The van der Waals surface area contributed by atoms with Crippen molar-refractivity contribution in [1.29, 1.82) is 0 Å². The average Bonchev–Trinajstić information content (AvgIpc) is 3.02. The standard InChI is InChI=1S/C23H36N6O.HI/c1-17-8-7-9-22(18(17)2)27-10-12-28(13-11-27)23(24-5)25-16-21-19(3)26-29(20(21)4)14-15-30-6;/h7-9H,10-16H2,1-6H3,(H,24,25);1H. The second-order valence-electron chi connectivity index (χ2n) is 7.96. The molecule has 3 rings (SSSR count). The minimum absolute atomic E-state index is 0. The topological polar surface area (TPSA) is 57.9 Å². The van der Waals surface area contributed by atoms with E-state index >= 15 is 0 Å². The summed E-state index contributed by atoms with van der Waals surface area (Å²) < 4.78 is 7.22. The highest BCUT2D eigenvalue weighted by Crippen LogP contribution is 2.24. The van der Waals surface area contributed by atoms with Gasteiger partial charge in [-0.05, 0) is 44.9 Å². The van der Waals surface area contributed by atoms with E-state index in [0.717, 1.165) is 50.9 Å². The SMILES string of the molecule is CN=C(NCc1c(C)nn(CCOC)c1C)N1CCN(c2cccc(C)c2C)CC1.I. The lowest BCUT2D eigenvalue weighted by Crippen LogP contribution is -2.52. The van der Waals surface area contributed by atoms with Crippen molar-refractivity contribution in [2.75, 3.05) is 51.8 Å². The molecule has 8 heteroatoms. The van der Waals surface area contributed by atoms with E-state index in [0.29, 0.717) is 6.61 Å². The zero-order valence-corrected chi connectivity index (χ0v) is 22.1. The van der Waals surface area contributed by atoms with Gasteiger partial charge in [0.1, 0.15) is 0 Å². The van der Waals surface area contributed by atoms with E-state index in [1.54, 1.807) is 7.11 Å². The second-order valence-corrected chi connectivity index (χ2v) is 7.96. The first-order chi connectivity index (χ1) is 14.5. The molecule has 0 aliphatic carbocycles. The van der Waals surface area contributed by atoms with E-state index in [1.807, 2.05) is 11.7 Å². The third-order valence-electron chi connectivity index (χ3n) is 6.17. The van der Waals surface area contributed by atoms with Crippen LogP contribution in [0.15, 0.2) is 23.2 Å². The molecule has 0 spiro atoms. The Hall–Kier alpha value is -1.81. The summed E-state index contributed by atoms with van der Waals surface area (Å²) in [5, 5.41) is 8.21. The molecule has 0 radical (unpaired) electrons. The highest BCUT2D eigenvalue weighted by atomic mass is 127. The van der Waals surface area contributed by atoms with Crippen LogP contribution >= 0.6 is 24.0 Å². The molecular formula is C23H37IN6O. The van der Waals surface area contributed by atoms with E-state index in [9.17, 15) is 0 Å². The number of piperazine rings is 1. The van der Waals surface area contributed by atoms with Crippen molar-refractivity contribution in [3.05, 3.63) is 46.3 Å². The number of nitrogens with zero attached hydrogens (tertiary/aromatic N) is 5. The van der Waals surface area contributed by atoms with Gasteiger partial charge >= 0.3 is 0 Å². The summed E-state index contributed by atoms with van der Waals surface area (Å²) >= 11 is 0. The van der Waals surface area contributed by atoms with Crippen molar-refractivity contribution < 1.29 is 4.74 Å². The molecular weight excluding hydrogens is 503 g/mol. The van der Waals surface area contributed by atoms with Gasteiger partial charge in [-0.3, -0.25) is 9.67 Å². The van der Waals surface area contributed by atoms with Crippen LogP contribution in [0.2, 0.25) is 0 Å². The molecule has 0 atom stereocenters. The van der Waals surface area contributed by atoms with Crippen LogP contribution in [0.4, 0.5) is 5.69 Å². The number of aromatic nitrogens is 2. The van der Waals surface area contributed by atoms with Crippen molar-refractivity contribution in [3.8, 4) is 0 Å². The molecule has 1 N–H and O–H groups in total. The van der Waals surface area contributed by atoms with Crippen molar-refractivity contribution in [2.24, 2.45) is 4.99 Å². The molecule has 0 amide bonds. The molecule has 0 saturated carbocycles. The van der Waals surface area contributed by atoms with Gasteiger partial charge in [-0.2, -0.15) is 5.10 Å². The van der Waals surface area contributed by atoms with Gasteiger partial charge < -0.3 is 19.9 Å². The van der Waals surface area contributed by atoms with Crippen molar-refractivity contribution in [2.45, 2.75) is 40.8 Å². The van der Waals surface area contributed by atoms with E-state index in [2.05, 4.69) is 71.1 Å². The van der Waals surface area contributed by atoms with E-state index in [-0.39, 0.29) is 24.0 Å². The summed E-state index contributed by atoms with van der Waals surface area (Å²) in [6.07, 6.45) is 0. The summed E-state index contributed by atoms with van der Waals surface area (Å²) in [4.78, 5) is 9.37. The maximum Gasteiger partial charge on any atom is 0.194 e. The Morgan fingerprint density at radius 2 is 1.84 bits per heavy atom. The molecule has 0 unspecified atom stereocenters. The fraction of sp³-hybridized carbons (Fsp3) is 0.565. The van der Waals surface area contributed by atoms with Crippen LogP contribution in [0.1, 0.15) is 28.1 Å². The second kappa shape index (κ2) is 11.7. The zero-order valence-electron chi connectivity index (χ0n) is 19.7. The summed E-state index contributed by atoms with van der Waals surface area (Å²) in [5.74, 6) is 0.957. The number of guanidine groups is 1. The fourth-order valence-corrected chi connectivity index (χ4v) is 4.12. The third-order valence-corrected chi connectivity index (χ3v) is 6.17. The summed E-state index contributed by atoms with van der Waals surface area (Å²) in [5.41, 5.74) is 7.57. The molecule has 1 fully saturated rings. The number of aliphatic imine (C=N–C) groups is 1. The summed E-state index contributed by atoms with van der Waals surface area (Å²) in [7, 11) is 3.58. The molecule has 1 saturated heterocycles. The number of hydrogen-bond acceptors (Lipinski definition) is 4. The Kier molecular flexibility index (Phi) is 9.61. The van der Waals surface area contributed by atoms with Crippen LogP contribution in [0.3, 0.4) is 0 Å². The lowest BCUT2D eigenvalue weighted by molar-refractivity contribution is 0.182. The largest absolute Gasteiger partial charge is 0.383 e. The molecule has 0 bridgehead atoms. The monoisotopic (exact) mass is 540 g/mol. The highest BCUT2D eigenvalue weighted by molar-refractivity contribution is 14.0. The smallest absolute Gasteiger partial charge is 0.194 e. The van der Waals surface area contributed by atoms with Gasteiger partial charge in [-0.1, -0.05) is 12.1 Å². The van der Waals surface area contributed by atoms with Crippen LogP contribution in [0.25, 0.3) is 0 Å². The maximum absolute atomic E-state index is 5.19. The number of nitrogens with one attached hydrogen (secondary N) is 1. The average molecular weight is 540 g/mol. The van der Waals surface area contributed by atoms with E-state index in [1.165, 1.54) is 28.1 Å². The lowest BCUT2D eigenvalue weighted by atomic mass is 10.1. The van der Waals surface area contributed by atoms with Crippen LogP contribution in [0.5, 0.6) is 0 Å². The predicted molar refractivity (Wildman–Crippen MR) is 139 cm³/mol. The Bertz CT molecular complexity index is 886. The quantitative estimate of drug-likeness (QED) is 0.347. The van der Waals surface area contributed by atoms with Crippen molar-refractivity contribution in [3.63, 3.8) is 0 Å². The fourth-order valence-electron chi connectivity index (χ4n) is 4.12. The number of halogens is 1. The van der Waals surface area contributed by atoms with E-state index < -0.39 is 0 Å². The Balaban J connectivity index is 0.00000341. The van der Waals surface area contributed by atoms with E-state index in [4.69, 9.17) is 4.74 Å². The van der Waals surface area contributed by atoms with Crippen LogP contribution in [0, 0.1) is 27.7 Å². The molecule has 172 valence electrons. The Morgan fingerprint density at radius 1 is 1.13 bits per heavy atom. The van der Waals surface area contributed by atoms with Gasteiger partial charge in [0, 0.05) is 63.8 Å². The summed E-state index contributed by atoms with van der Waals surface area (Å²) in [6.45, 7) is 14.7. The van der Waals surface area contributed by atoms with Gasteiger partial charge in [0.05, 0.1) is 18.8 Å². The Labute approximate surface area is 203 Å². The molecule has 1 aliphatic rings. The summed E-state index contributed by atoms with van der Waals surface area (Å²) in [6, 6.07) is 6.57. The van der Waals surface area contributed by atoms with Gasteiger partial charge in [-0.25, -0.2) is 0 Å². The van der Waals surface area contributed by atoms with Gasteiger partial charge in [0.15, 0.2) is 5.96 Å². The zero-order chi connectivity index (χ0) is 21.7. The molecule has 31 heavy (non-hydrogen) atoms. The number of methoxy groups -OCH3 is 1. The Morgan fingerprint density at radius 3 is 2.48 bits per heavy atom. The van der Waals surface area contributed by atoms with Gasteiger partial charge in [0.2, 0.25) is 0 Å². The molecule has 1 aliphatic heterocycles. The van der Waals surface area contributed by atoms with Crippen LogP contribution in [-0.4, -0.2) is 67.6 Å². The first-order valence-corrected chi connectivity index (χ1v) is 10.7. The van der Waals surface area contributed by atoms with Gasteiger partial charge in [-0.15, -0.1) is 24.0 Å². The molecule has 2 aromatic rings. The number of rotatable bonds is 6. The van der Waals surface area contributed by atoms with Crippen molar-refractivity contribution >= 4 is 35.6 Å². The first kappa shape index (κ1) is 25.5. The maximum atomic E-state index is 5.19. The number of anilines is 1. The first-order valence-electron chi connectivity index (χ1n) is 10.7. The predicted octanol–water partition coefficient (Wildman–Crippen LogP) is 3.28. The molecule has 7 nitrogen and oxygen atoms in total. The molecule has 2 heterocycles. The third kappa shape index (κ3) is 5.91. The van der Waals surface area contributed by atoms with Crippen LogP contribution < -0.4 is 10.2 Å². The lowest BCUT2D eigenvalue weighted by Gasteiger charge is -2.38. The minimum Gasteiger partial charge on any atom is -0.383 e.